The summed E-state index contributed by atoms with van der Waals surface area (Å²) in [6, 6.07) is 0. The van der Waals surface area contributed by atoms with Gasteiger partial charge in [-0.05, 0) is 74.7 Å². The summed E-state index contributed by atoms with van der Waals surface area (Å²) in [4.78, 5) is 60.0. The lowest BCUT2D eigenvalue weighted by Gasteiger charge is -2.33. The van der Waals surface area contributed by atoms with Gasteiger partial charge in [-0.25, -0.2) is 0 Å². The van der Waals surface area contributed by atoms with E-state index in [-0.39, 0.29) is 37.8 Å². The molecular weight excluding hydrogens is 506 g/mol. The number of hydrogen-bond donors (Lipinski definition) is 3. The molecule has 0 aromatic rings. The largest absolute Gasteiger partial charge is 0.481 e. The Balaban J connectivity index is 2.28. The first kappa shape index (κ1) is 34.2. The molecule has 0 unspecified atom stereocenters. The summed E-state index contributed by atoms with van der Waals surface area (Å²) in [6.07, 6.45) is 4.04. The summed E-state index contributed by atoms with van der Waals surface area (Å²) in [5.74, 6) is -2.16. The fourth-order valence-electron chi connectivity index (χ4n) is 4.26. The van der Waals surface area contributed by atoms with E-state index in [4.69, 9.17) is 9.47 Å². The molecule has 0 saturated carbocycles. The molecule has 3 N–H and O–H groups in total. The van der Waals surface area contributed by atoms with Crippen molar-refractivity contribution >= 4 is 29.6 Å². The number of nitrogens with zero attached hydrogens (tertiary/aromatic N) is 1. The lowest BCUT2D eigenvalue weighted by Crippen LogP contribution is -2.48. The van der Waals surface area contributed by atoms with E-state index in [1.54, 1.807) is 13.8 Å². The van der Waals surface area contributed by atoms with Crippen molar-refractivity contribution in [3.05, 3.63) is 12.2 Å². The van der Waals surface area contributed by atoms with Crippen LogP contribution >= 0.6 is 0 Å². The lowest BCUT2D eigenvalue weighted by molar-refractivity contribution is -0.148. The highest BCUT2D eigenvalue weighted by molar-refractivity contribution is 6.13. The predicted octanol–water partition coefficient (Wildman–Crippen LogP) is 2.57. The van der Waals surface area contributed by atoms with Gasteiger partial charge in [0.15, 0.2) is 0 Å². The van der Waals surface area contributed by atoms with Crippen LogP contribution in [-0.4, -0.2) is 82.6 Å². The van der Waals surface area contributed by atoms with Crippen molar-refractivity contribution in [3.63, 3.8) is 0 Å². The van der Waals surface area contributed by atoms with Gasteiger partial charge in [-0.2, -0.15) is 0 Å². The van der Waals surface area contributed by atoms with Gasteiger partial charge in [0, 0.05) is 37.2 Å². The molecule has 1 heterocycles. The van der Waals surface area contributed by atoms with Gasteiger partial charge in [-0.1, -0.05) is 0 Å². The molecule has 0 bridgehead atoms. The third-order valence-corrected chi connectivity index (χ3v) is 6.47. The Morgan fingerprint density at radius 3 is 1.92 bits per heavy atom. The van der Waals surface area contributed by atoms with Crippen LogP contribution in [0.15, 0.2) is 12.2 Å². The van der Waals surface area contributed by atoms with Crippen LogP contribution in [0.4, 0.5) is 0 Å². The van der Waals surface area contributed by atoms with Crippen LogP contribution < -0.4 is 10.6 Å². The number of carbonyl (C=O) groups is 5. The van der Waals surface area contributed by atoms with Crippen LogP contribution in [0, 0.1) is 5.41 Å². The summed E-state index contributed by atoms with van der Waals surface area (Å²) in [6.45, 7) is 15.7. The first-order valence-electron chi connectivity index (χ1n) is 13.4. The second-order valence-corrected chi connectivity index (χ2v) is 12.5. The number of imide groups is 1. The maximum Gasteiger partial charge on any atom is 0.309 e. The highest BCUT2D eigenvalue weighted by atomic mass is 16.5. The number of hydrogen-bond acceptors (Lipinski definition) is 7. The van der Waals surface area contributed by atoms with E-state index in [1.807, 2.05) is 41.5 Å². The Bertz CT molecular complexity index is 919. The maximum atomic E-state index is 12.4. The zero-order chi connectivity index (χ0) is 30.1. The number of carbonyl (C=O) groups excluding carboxylic acids is 4. The topological polar surface area (TPSA) is 151 Å². The van der Waals surface area contributed by atoms with Gasteiger partial charge in [-0.15, -0.1) is 0 Å². The molecule has 1 aliphatic rings. The lowest BCUT2D eigenvalue weighted by atomic mass is 9.80. The summed E-state index contributed by atoms with van der Waals surface area (Å²) >= 11 is 0. The number of rotatable bonds is 18. The third-order valence-electron chi connectivity index (χ3n) is 6.47. The number of carboxylic acid groups (broad SMARTS) is 1. The smallest absolute Gasteiger partial charge is 0.309 e. The molecule has 4 amide bonds. The first-order chi connectivity index (χ1) is 17.8. The fraction of sp³-hybridized carbons (Fsp3) is 0.750. The Morgan fingerprint density at radius 2 is 1.36 bits per heavy atom. The Hall–Kier alpha value is -2.79. The monoisotopic (exact) mass is 553 g/mol. The summed E-state index contributed by atoms with van der Waals surface area (Å²) in [7, 11) is 0. The van der Waals surface area contributed by atoms with Crippen molar-refractivity contribution < 1.29 is 38.6 Å². The van der Waals surface area contributed by atoms with Crippen molar-refractivity contribution in [3.8, 4) is 0 Å². The minimum absolute atomic E-state index is 0.0435. The molecule has 0 spiro atoms. The Morgan fingerprint density at radius 1 is 0.821 bits per heavy atom. The van der Waals surface area contributed by atoms with Crippen LogP contribution in [0.5, 0.6) is 0 Å². The third kappa shape index (κ3) is 13.2. The Labute approximate surface area is 232 Å². The average Bonchev–Trinajstić information content (AvgIpc) is 3.07. The molecule has 0 radical (unpaired) electrons. The van der Waals surface area contributed by atoms with E-state index >= 15 is 0 Å². The molecule has 39 heavy (non-hydrogen) atoms. The van der Waals surface area contributed by atoms with Gasteiger partial charge >= 0.3 is 5.97 Å². The molecule has 0 aromatic heterocycles. The zero-order valence-electron chi connectivity index (χ0n) is 24.8. The number of nitrogens with one attached hydrogen (secondary N) is 2. The minimum atomic E-state index is -0.955. The van der Waals surface area contributed by atoms with Crippen LogP contribution in [-0.2, 0) is 33.4 Å². The standard InChI is InChI=1S/C28H47N3O8/c1-25(2,24(36)37)19-26(3,4)30-21(33)12-17-38-28(7,8)14-18-39-27(5,6)13-15-29-20(32)11-16-31-22(34)9-10-23(31)35/h9-10H,11-19H2,1-8H3,(H,29,32)(H,30,33)(H,36,37). The fourth-order valence-corrected chi connectivity index (χ4v) is 4.26. The molecule has 1 rings (SSSR count). The molecule has 0 aliphatic carbocycles. The molecule has 222 valence electrons. The van der Waals surface area contributed by atoms with Gasteiger partial charge in [0.1, 0.15) is 0 Å². The minimum Gasteiger partial charge on any atom is -0.481 e. The van der Waals surface area contributed by atoms with Gasteiger partial charge in [0.05, 0.1) is 36.3 Å². The highest BCUT2D eigenvalue weighted by Gasteiger charge is 2.35. The van der Waals surface area contributed by atoms with Gasteiger partial charge in [0.25, 0.3) is 11.8 Å². The van der Waals surface area contributed by atoms with Crippen molar-refractivity contribution in [1.29, 1.82) is 0 Å². The van der Waals surface area contributed by atoms with Crippen LogP contribution in [0.2, 0.25) is 0 Å². The first-order valence-corrected chi connectivity index (χ1v) is 13.4. The highest BCUT2D eigenvalue weighted by Crippen LogP contribution is 2.28. The molecule has 0 atom stereocenters. The van der Waals surface area contributed by atoms with Crippen LogP contribution in [0.25, 0.3) is 0 Å². The summed E-state index contributed by atoms with van der Waals surface area (Å²) < 4.78 is 11.9. The predicted molar refractivity (Wildman–Crippen MR) is 146 cm³/mol. The van der Waals surface area contributed by atoms with E-state index in [1.165, 1.54) is 12.2 Å². The zero-order valence-corrected chi connectivity index (χ0v) is 24.8. The van der Waals surface area contributed by atoms with E-state index in [0.29, 0.717) is 32.4 Å². The molecule has 1 aliphatic heterocycles. The molecule has 11 heteroatoms. The van der Waals surface area contributed by atoms with E-state index in [2.05, 4.69) is 10.6 Å². The molecular formula is C28H47N3O8. The average molecular weight is 554 g/mol. The second-order valence-electron chi connectivity index (χ2n) is 12.5. The maximum absolute atomic E-state index is 12.4. The van der Waals surface area contributed by atoms with Crippen molar-refractivity contribution in [2.24, 2.45) is 5.41 Å². The van der Waals surface area contributed by atoms with Gasteiger partial charge in [-0.3, -0.25) is 28.9 Å². The number of amides is 4. The Kier molecular flexibility index (Phi) is 12.3. The SMILES string of the molecule is CC(C)(CC(C)(C)C(=O)O)NC(=O)CCOC(C)(C)CCOC(C)(C)CCNC(=O)CCN1C(=O)C=CC1=O. The number of carboxylic acids is 1. The van der Waals surface area contributed by atoms with Crippen LogP contribution in [0.1, 0.15) is 87.5 Å². The van der Waals surface area contributed by atoms with E-state index < -0.39 is 39.9 Å². The quantitative estimate of drug-likeness (QED) is 0.219. The molecule has 11 nitrogen and oxygen atoms in total. The number of aliphatic carboxylic acids is 1. The van der Waals surface area contributed by atoms with Crippen LogP contribution in [0.3, 0.4) is 0 Å². The molecule has 0 saturated heterocycles. The van der Waals surface area contributed by atoms with Crippen molar-refractivity contribution in [2.75, 3.05) is 26.3 Å². The van der Waals surface area contributed by atoms with Crippen molar-refractivity contribution in [2.45, 2.75) is 104 Å². The summed E-state index contributed by atoms with van der Waals surface area (Å²) in [5, 5.41) is 15.0. The van der Waals surface area contributed by atoms with Gasteiger partial charge in [0.2, 0.25) is 11.8 Å². The van der Waals surface area contributed by atoms with E-state index in [9.17, 15) is 29.1 Å². The number of ether oxygens (including phenoxy) is 2. The van der Waals surface area contributed by atoms with Crippen molar-refractivity contribution in [1.82, 2.24) is 15.5 Å². The second kappa shape index (κ2) is 14.0. The van der Waals surface area contributed by atoms with Gasteiger partial charge < -0.3 is 25.2 Å². The summed E-state index contributed by atoms with van der Waals surface area (Å²) in [5.41, 5.74) is -2.64. The molecule has 0 fully saturated rings. The molecule has 0 aromatic carbocycles. The van der Waals surface area contributed by atoms with E-state index in [0.717, 1.165) is 4.90 Å². The normalized spacial score (nSPS) is 14.6.